The standard InChI is InChI=1S/C17H21NO2/c1-12-4-5-14(10-13(12)2)17(19)11-18-15-6-8-16(20-3)9-7-15/h4-10,17-19H,11H2,1-3H3. The molecule has 106 valence electrons. The van der Waals surface area contributed by atoms with Crippen LogP contribution in [0.5, 0.6) is 5.75 Å². The summed E-state index contributed by atoms with van der Waals surface area (Å²) >= 11 is 0. The highest BCUT2D eigenvalue weighted by molar-refractivity contribution is 5.46. The number of hydrogen-bond acceptors (Lipinski definition) is 3. The first-order valence-electron chi connectivity index (χ1n) is 6.73. The molecule has 20 heavy (non-hydrogen) atoms. The van der Waals surface area contributed by atoms with Crippen molar-refractivity contribution in [2.24, 2.45) is 0 Å². The summed E-state index contributed by atoms with van der Waals surface area (Å²) in [4.78, 5) is 0. The summed E-state index contributed by atoms with van der Waals surface area (Å²) in [5, 5.41) is 13.4. The third-order valence-electron chi connectivity index (χ3n) is 3.51. The second-order valence-corrected chi connectivity index (χ2v) is 4.97. The Morgan fingerprint density at radius 1 is 1.05 bits per heavy atom. The number of hydrogen-bond donors (Lipinski definition) is 2. The van der Waals surface area contributed by atoms with E-state index in [1.54, 1.807) is 7.11 Å². The summed E-state index contributed by atoms with van der Waals surface area (Å²) in [5.74, 6) is 0.824. The number of aliphatic hydroxyl groups is 1. The topological polar surface area (TPSA) is 41.5 Å². The lowest BCUT2D eigenvalue weighted by atomic mass is 10.0. The molecule has 2 rings (SSSR count). The van der Waals surface area contributed by atoms with Crippen LogP contribution in [0.25, 0.3) is 0 Å². The summed E-state index contributed by atoms with van der Waals surface area (Å²) in [6.07, 6.45) is -0.517. The van der Waals surface area contributed by atoms with Crippen LogP contribution in [0.4, 0.5) is 5.69 Å². The predicted molar refractivity (Wildman–Crippen MR) is 82.4 cm³/mol. The molecule has 0 heterocycles. The van der Waals surface area contributed by atoms with E-state index in [-0.39, 0.29) is 0 Å². The van der Waals surface area contributed by atoms with Gasteiger partial charge in [-0.15, -0.1) is 0 Å². The number of benzene rings is 2. The van der Waals surface area contributed by atoms with Gasteiger partial charge in [-0.2, -0.15) is 0 Å². The third-order valence-corrected chi connectivity index (χ3v) is 3.51. The van der Waals surface area contributed by atoms with Crippen molar-refractivity contribution in [3.05, 3.63) is 59.2 Å². The average molecular weight is 271 g/mol. The molecule has 0 radical (unpaired) electrons. The monoisotopic (exact) mass is 271 g/mol. The van der Waals surface area contributed by atoms with Crippen molar-refractivity contribution in [3.63, 3.8) is 0 Å². The number of anilines is 1. The van der Waals surface area contributed by atoms with Crippen LogP contribution >= 0.6 is 0 Å². The number of nitrogens with one attached hydrogen (secondary N) is 1. The van der Waals surface area contributed by atoms with Crippen LogP contribution in [-0.4, -0.2) is 18.8 Å². The zero-order chi connectivity index (χ0) is 14.5. The second-order valence-electron chi connectivity index (χ2n) is 4.97. The minimum atomic E-state index is -0.517. The summed E-state index contributed by atoms with van der Waals surface area (Å²) in [6.45, 7) is 4.61. The number of aliphatic hydroxyl groups excluding tert-OH is 1. The van der Waals surface area contributed by atoms with Crippen molar-refractivity contribution in [3.8, 4) is 5.75 Å². The Kier molecular flexibility index (Phi) is 4.64. The molecule has 0 aliphatic carbocycles. The molecule has 0 amide bonds. The predicted octanol–water partition coefficient (Wildman–Crippen LogP) is 3.46. The second kappa shape index (κ2) is 6.44. The fourth-order valence-electron chi connectivity index (χ4n) is 2.01. The summed E-state index contributed by atoms with van der Waals surface area (Å²) < 4.78 is 5.11. The molecular formula is C17H21NO2. The minimum Gasteiger partial charge on any atom is -0.497 e. The van der Waals surface area contributed by atoms with Gasteiger partial charge in [0, 0.05) is 12.2 Å². The maximum absolute atomic E-state index is 10.2. The molecule has 2 aromatic carbocycles. The van der Waals surface area contributed by atoms with Crippen molar-refractivity contribution in [2.45, 2.75) is 20.0 Å². The highest BCUT2D eigenvalue weighted by Gasteiger charge is 2.08. The van der Waals surface area contributed by atoms with Gasteiger partial charge in [0.2, 0.25) is 0 Å². The fourth-order valence-corrected chi connectivity index (χ4v) is 2.01. The maximum atomic E-state index is 10.2. The normalized spacial score (nSPS) is 12.0. The van der Waals surface area contributed by atoms with E-state index >= 15 is 0 Å². The highest BCUT2D eigenvalue weighted by Crippen LogP contribution is 2.19. The Hall–Kier alpha value is -2.00. The van der Waals surface area contributed by atoms with Gasteiger partial charge < -0.3 is 15.2 Å². The third kappa shape index (κ3) is 3.52. The number of ether oxygens (including phenoxy) is 1. The van der Waals surface area contributed by atoms with Gasteiger partial charge in [-0.25, -0.2) is 0 Å². The molecular weight excluding hydrogens is 250 g/mol. The highest BCUT2D eigenvalue weighted by atomic mass is 16.5. The number of rotatable bonds is 5. The Bertz CT molecular complexity index is 564. The lowest BCUT2D eigenvalue weighted by molar-refractivity contribution is 0.191. The first kappa shape index (κ1) is 14.4. The van der Waals surface area contributed by atoms with Gasteiger partial charge >= 0.3 is 0 Å². The summed E-state index contributed by atoms with van der Waals surface area (Å²) in [6, 6.07) is 13.7. The van der Waals surface area contributed by atoms with Gasteiger partial charge in [0.15, 0.2) is 0 Å². The molecule has 1 atom stereocenters. The van der Waals surface area contributed by atoms with Gasteiger partial charge in [0.05, 0.1) is 13.2 Å². The molecule has 3 heteroatoms. The van der Waals surface area contributed by atoms with Gasteiger partial charge in [-0.1, -0.05) is 18.2 Å². The molecule has 0 saturated carbocycles. The number of methoxy groups -OCH3 is 1. The van der Waals surface area contributed by atoms with Crippen LogP contribution in [0.2, 0.25) is 0 Å². The minimum absolute atomic E-state index is 0.481. The lowest BCUT2D eigenvalue weighted by Gasteiger charge is -2.14. The van der Waals surface area contributed by atoms with Gasteiger partial charge in [0.1, 0.15) is 5.75 Å². The zero-order valence-electron chi connectivity index (χ0n) is 12.2. The lowest BCUT2D eigenvalue weighted by Crippen LogP contribution is -2.12. The molecule has 2 aromatic rings. The van der Waals surface area contributed by atoms with Crippen LogP contribution in [-0.2, 0) is 0 Å². The molecule has 0 saturated heterocycles. The van der Waals surface area contributed by atoms with Gasteiger partial charge in [0.25, 0.3) is 0 Å². The van der Waals surface area contributed by atoms with E-state index < -0.39 is 6.10 Å². The first-order valence-corrected chi connectivity index (χ1v) is 6.73. The van der Waals surface area contributed by atoms with Crippen molar-refractivity contribution < 1.29 is 9.84 Å². The molecule has 0 aliphatic heterocycles. The Morgan fingerprint density at radius 3 is 2.35 bits per heavy atom. The first-order chi connectivity index (χ1) is 9.60. The molecule has 0 fully saturated rings. The van der Waals surface area contributed by atoms with Crippen LogP contribution in [0.3, 0.4) is 0 Å². The average Bonchev–Trinajstić information content (AvgIpc) is 2.48. The van der Waals surface area contributed by atoms with Crippen molar-refractivity contribution in [2.75, 3.05) is 19.0 Å². The van der Waals surface area contributed by atoms with Gasteiger partial charge in [-0.3, -0.25) is 0 Å². The smallest absolute Gasteiger partial charge is 0.119 e. The van der Waals surface area contributed by atoms with Crippen LogP contribution in [0.1, 0.15) is 22.8 Å². The van der Waals surface area contributed by atoms with E-state index in [0.717, 1.165) is 17.0 Å². The summed E-state index contributed by atoms with van der Waals surface area (Å²) in [7, 11) is 1.64. The van der Waals surface area contributed by atoms with E-state index in [1.165, 1.54) is 11.1 Å². The number of aryl methyl sites for hydroxylation is 2. The van der Waals surface area contributed by atoms with Crippen molar-refractivity contribution in [1.82, 2.24) is 0 Å². The molecule has 0 spiro atoms. The largest absolute Gasteiger partial charge is 0.497 e. The van der Waals surface area contributed by atoms with E-state index in [9.17, 15) is 5.11 Å². The maximum Gasteiger partial charge on any atom is 0.119 e. The molecule has 0 bridgehead atoms. The zero-order valence-corrected chi connectivity index (χ0v) is 12.2. The fraction of sp³-hybridized carbons (Fsp3) is 0.294. The molecule has 0 aliphatic rings. The quantitative estimate of drug-likeness (QED) is 0.875. The molecule has 1 unspecified atom stereocenters. The van der Waals surface area contributed by atoms with Crippen molar-refractivity contribution in [1.29, 1.82) is 0 Å². The van der Waals surface area contributed by atoms with Gasteiger partial charge in [-0.05, 0) is 54.8 Å². The molecule has 0 aromatic heterocycles. The SMILES string of the molecule is COc1ccc(NCC(O)c2ccc(C)c(C)c2)cc1. The summed E-state index contributed by atoms with van der Waals surface area (Å²) in [5.41, 5.74) is 4.35. The van der Waals surface area contributed by atoms with E-state index in [1.807, 2.05) is 42.5 Å². The molecule has 2 N–H and O–H groups in total. The Balaban J connectivity index is 1.96. The van der Waals surface area contributed by atoms with E-state index in [0.29, 0.717) is 6.54 Å². The van der Waals surface area contributed by atoms with Crippen molar-refractivity contribution >= 4 is 5.69 Å². The van der Waals surface area contributed by atoms with E-state index in [2.05, 4.69) is 19.2 Å². The molecule has 3 nitrogen and oxygen atoms in total. The van der Waals surface area contributed by atoms with Crippen LogP contribution in [0, 0.1) is 13.8 Å². The van der Waals surface area contributed by atoms with E-state index in [4.69, 9.17) is 4.74 Å². The Labute approximate surface area is 120 Å². The van der Waals surface area contributed by atoms with Crippen LogP contribution < -0.4 is 10.1 Å². The van der Waals surface area contributed by atoms with Crippen LogP contribution in [0.15, 0.2) is 42.5 Å². The Morgan fingerprint density at radius 2 is 1.75 bits per heavy atom.